The van der Waals surface area contributed by atoms with Crippen LogP contribution in [0.25, 0.3) is 0 Å². The third-order valence-electron chi connectivity index (χ3n) is 1.99. The highest BCUT2D eigenvalue weighted by Gasteiger charge is 2.02. The van der Waals surface area contributed by atoms with E-state index in [4.69, 9.17) is 0 Å². The van der Waals surface area contributed by atoms with E-state index in [1.807, 2.05) is 31.1 Å². The van der Waals surface area contributed by atoms with E-state index in [1.165, 1.54) is 5.56 Å². The van der Waals surface area contributed by atoms with Crippen molar-refractivity contribution in [3.8, 4) is 0 Å². The van der Waals surface area contributed by atoms with Gasteiger partial charge in [0.1, 0.15) is 5.03 Å². The fraction of sp³-hybridized carbons (Fsp3) is 0.545. The number of thioether (sulfide) groups is 1. The molecule has 0 saturated carbocycles. The molecule has 0 bridgehead atoms. The van der Waals surface area contributed by atoms with Gasteiger partial charge in [-0.3, -0.25) is 0 Å². The van der Waals surface area contributed by atoms with Crippen molar-refractivity contribution in [3.63, 3.8) is 0 Å². The van der Waals surface area contributed by atoms with Gasteiger partial charge in [0.25, 0.3) is 0 Å². The molecule has 0 saturated heterocycles. The summed E-state index contributed by atoms with van der Waals surface area (Å²) in [5, 5.41) is 4.31. The first-order valence-corrected chi connectivity index (χ1v) is 6.08. The third kappa shape index (κ3) is 4.64. The Morgan fingerprint density at radius 1 is 1.47 bits per heavy atom. The van der Waals surface area contributed by atoms with E-state index in [1.54, 1.807) is 0 Å². The second-order valence-corrected chi connectivity index (χ2v) is 4.73. The molecule has 0 unspecified atom stereocenters. The third-order valence-corrected chi connectivity index (χ3v) is 3.02. The van der Waals surface area contributed by atoms with Gasteiger partial charge in [-0.2, -0.15) is 0 Å². The zero-order chi connectivity index (χ0) is 11.1. The quantitative estimate of drug-likeness (QED) is 0.742. The molecule has 1 aromatic heterocycles. The van der Waals surface area contributed by atoms with Crippen molar-refractivity contribution in [1.29, 1.82) is 0 Å². The SMILES string of the molecule is CNCc1cccnc1SCCN(C)C. The van der Waals surface area contributed by atoms with Crippen LogP contribution in [-0.4, -0.2) is 43.3 Å². The van der Waals surface area contributed by atoms with Gasteiger partial charge >= 0.3 is 0 Å². The maximum Gasteiger partial charge on any atom is 0.100 e. The highest BCUT2D eigenvalue weighted by atomic mass is 32.2. The van der Waals surface area contributed by atoms with E-state index in [0.717, 1.165) is 23.9 Å². The lowest BCUT2D eigenvalue weighted by atomic mass is 10.3. The lowest BCUT2D eigenvalue weighted by Gasteiger charge is -2.10. The van der Waals surface area contributed by atoms with Gasteiger partial charge in [0.15, 0.2) is 0 Å². The van der Waals surface area contributed by atoms with Crippen molar-refractivity contribution in [2.45, 2.75) is 11.6 Å². The lowest BCUT2D eigenvalue weighted by molar-refractivity contribution is 0.437. The summed E-state index contributed by atoms with van der Waals surface area (Å²) in [5.74, 6) is 1.08. The Hall–Kier alpha value is -0.580. The Morgan fingerprint density at radius 3 is 2.93 bits per heavy atom. The van der Waals surface area contributed by atoms with Gasteiger partial charge < -0.3 is 10.2 Å². The number of hydrogen-bond donors (Lipinski definition) is 1. The first kappa shape index (κ1) is 12.5. The molecule has 0 spiro atoms. The van der Waals surface area contributed by atoms with Crippen molar-refractivity contribution in [2.24, 2.45) is 0 Å². The van der Waals surface area contributed by atoms with Crippen LogP contribution in [0.1, 0.15) is 5.56 Å². The average Bonchev–Trinajstić information content (AvgIpc) is 2.20. The Labute approximate surface area is 96.3 Å². The minimum atomic E-state index is 0.887. The van der Waals surface area contributed by atoms with Crippen LogP contribution in [0.3, 0.4) is 0 Å². The molecule has 1 heterocycles. The van der Waals surface area contributed by atoms with Crippen LogP contribution in [0.2, 0.25) is 0 Å². The maximum atomic E-state index is 4.40. The molecule has 84 valence electrons. The van der Waals surface area contributed by atoms with E-state index in [-0.39, 0.29) is 0 Å². The second kappa shape index (κ2) is 6.82. The first-order chi connectivity index (χ1) is 7.24. The zero-order valence-electron chi connectivity index (χ0n) is 9.66. The van der Waals surface area contributed by atoms with Gasteiger partial charge in [-0.05, 0) is 32.8 Å². The number of pyridine rings is 1. The molecule has 0 amide bonds. The molecule has 0 radical (unpaired) electrons. The van der Waals surface area contributed by atoms with E-state index < -0.39 is 0 Å². The van der Waals surface area contributed by atoms with Gasteiger partial charge in [-0.15, -0.1) is 11.8 Å². The molecule has 1 rings (SSSR count). The summed E-state index contributed by atoms with van der Waals surface area (Å²) in [7, 11) is 6.14. The largest absolute Gasteiger partial charge is 0.316 e. The van der Waals surface area contributed by atoms with Crippen LogP contribution in [-0.2, 0) is 6.54 Å². The standard InChI is InChI=1S/C11H19N3S/c1-12-9-10-5-4-6-13-11(10)15-8-7-14(2)3/h4-6,12H,7-9H2,1-3H3. The number of aromatic nitrogens is 1. The molecule has 1 N–H and O–H groups in total. The Morgan fingerprint density at radius 2 is 2.27 bits per heavy atom. The number of rotatable bonds is 6. The van der Waals surface area contributed by atoms with E-state index in [2.05, 4.69) is 35.4 Å². The predicted molar refractivity (Wildman–Crippen MR) is 66.3 cm³/mol. The topological polar surface area (TPSA) is 28.2 Å². The minimum absolute atomic E-state index is 0.887. The smallest absolute Gasteiger partial charge is 0.100 e. The summed E-state index contributed by atoms with van der Waals surface area (Å²) in [6, 6.07) is 4.12. The van der Waals surface area contributed by atoms with E-state index in [9.17, 15) is 0 Å². The fourth-order valence-corrected chi connectivity index (χ4v) is 2.31. The maximum absolute atomic E-state index is 4.40. The van der Waals surface area contributed by atoms with Gasteiger partial charge in [-0.25, -0.2) is 4.98 Å². The van der Waals surface area contributed by atoms with Crippen LogP contribution in [0, 0.1) is 0 Å². The van der Waals surface area contributed by atoms with E-state index in [0.29, 0.717) is 0 Å². The van der Waals surface area contributed by atoms with Gasteiger partial charge in [0.05, 0.1) is 0 Å². The molecule has 0 aliphatic rings. The molecule has 0 aromatic carbocycles. The van der Waals surface area contributed by atoms with Crippen molar-refractivity contribution in [3.05, 3.63) is 23.9 Å². The summed E-state index contributed by atoms with van der Waals surface area (Å²) in [6.07, 6.45) is 1.86. The van der Waals surface area contributed by atoms with Crippen LogP contribution in [0.4, 0.5) is 0 Å². The molecule has 4 heteroatoms. The van der Waals surface area contributed by atoms with Crippen molar-refractivity contribution >= 4 is 11.8 Å². The van der Waals surface area contributed by atoms with E-state index >= 15 is 0 Å². The molecule has 15 heavy (non-hydrogen) atoms. The number of nitrogens with zero attached hydrogens (tertiary/aromatic N) is 2. The Kier molecular flexibility index (Phi) is 5.68. The predicted octanol–water partition coefficient (Wildman–Crippen LogP) is 1.45. The summed E-state index contributed by atoms with van der Waals surface area (Å²) in [5.41, 5.74) is 1.28. The van der Waals surface area contributed by atoms with Crippen molar-refractivity contribution in [1.82, 2.24) is 15.2 Å². The molecular weight excluding hydrogens is 206 g/mol. The van der Waals surface area contributed by atoms with Gasteiger partial charge in [0.2, 0.25) is 0 Å². The van der Waals surface area contributed by atoms with Crippen LogP contribution in [0.15, 0.2) is 23.4 Å². The molecule has 0 fully saturated rings. The molecule has 3 nitrogen and oxygen atoms in total. The zero-order valence-corrected chi connectivity index (χ0v) is 10.5. The van der Waals surface area contributed by atoms with Gasteiger partial charge in [0, 0.05) is 25.0 Å². The fourth-order valence-electron chi connectivity index (χ4n) is 1.20. The lowest BCUT2D eigenvalue weighted by Crippen LogP contribution is -2.15. The minimum Gasteiger partial charge on any atom is -0.316 e. The van der Waals surface area contributed by atoms with Crippen LogP contribution < -0.4 is 5.32 Å². The molecule has 0 atom stereocenters. The summed E-state index contributed by atoms with van der Waals surface area (Å²) in [6.45, 7) is 1.97. The van der Waals surface area contributed by atoms with Crippen LogP contribution in [0.5, 0.6) is 0 Å². The summed E-state index contributed by atoms with van der Waals surface area (Å²) >= 11 is 1.82. The molecule has 0 aliphatic carbocycles. The normalized spacial score (nSPS) is 10.9. The molecular formula is C11H19N3S. The Balaban J connectivity index is 2.51. The second-order valence-electron chi connectivity index (χ2n) is 3.65. The van der Waals surface area contributed by atoms with Crippen molar-refractivity contribution < 1.29 is 0 Å². The highest BCUT2D eigenvalue weighted by molar-refractivity contribution is 7.99. The number of hydrogen-bond acceptors (Lipinski definition) is 4. The Bertz CT molecular complexity index is 289. The van der Waals surface area contributed by atoms with Gasteiger partial charge in [-0.1, -0.05) is 6.07 Å². The highest BCUT2D eigenvalue weighted by Crippen LogP contribution is 2.19. The average molecular weight is 225 g/mol. The molecule has 1 aromatic rings. The number of nitrogens with one attached hydrogen (secondary N) is 1. The first-order valence-electron chi connectivity index (χ1n) is 5.10. The summed E-state index contributed by atoms with van der Waals surface area (Å²) in [4.78, 5) is 6.59. The van der Waals surface area contributed by atoms with Crippen molar-refractivity contribution in [2.75, 3.05) is 33.4 Å². The monoisotopic (exact) mass is 225 g/mol. The van der Waals surface area contributed by atoms with Crippen LogP contribution >= 0.6 is 11.8 Å². The molecule has 0 aliphatic heterocycles. The summed E-state index contributed by atoms with van der Waals surface area (Å²) < 4.78 is 0.